The van der Waals surface area contributed by atoms with Crippen molar-refractivity contribution in [2.24, 2.45) is 0 Å². The number of fused-ring (bicyclic) bond motifs is 1. The lowest BCUT2D eigenvalue weighted by atomic mass is 10.5. The molecular formula is C14H16N10. The molecular weight excluding hydrogens is 308 g/mol. The highest BCUT2D eigenvalue weighted by Gasteiger charge is 2.12. The van der Waals surface area contributed by atoms with E-state index in [1.807, 2.05) is 35.6 Å². The maximum absolute atomic E-state index is 4.52. The molecule has 122 valence electrons. The Morgan fingerprint density at radius 2 is 1.79 bits per heavy atom. The fourth-order valence-electron chi connectivity index (χ4n) is 2.33. The summed E-state index contributed by atoms with van der Waals surface area (Å²) >= 11 is 0. The van der Waals surface area contributed by atoms with Gasteiger partial charge < -0.3 is 5.32 Å². The second kappa shape index (κ2) is 5.72. The second-order valence-corrected chi connectivity index (χ2v) is 5.17. The maximum Gasteiger partial charge on any atom is 0.229 e. The fourth-order valence-corrected chi connectivity index (χ4v) is 2.33. The molecule has 0 spiro atoms. The van der Waals surface area contributed by atoms with Crippen LogP contribution < -0.4 is 5.32 Å². The Morgan fingerprint density at radius 1 is 1.00 bits per heavy atom. The third kappa shape index (κ3) is 2.47. The van der Waals surface area contributed by atoms with Crippen molar-refractivity contribution in [3.8, 4) is 5.69 Å². The van der Waals surface area contributed by atoms with Crippen LogP contribution in [0.3, 0.4) is 0 Å². The van der Waals surface area contributed by atoms with Crippen LogP contribution in [-0.2, 0) is 13.1 Å². The first-order chi connectivity index (χ1) is 11.8. The van der Waals surface area contributed by atoms with Crippen molar-refractivity contribution < 1.29 is 0 Å². The molecule has 0 unspecified atom stereocenters. The lowest BCUT2D eigenvalue weighted by Gasteiger charge is -2.02. The number of aryl methyl sites for hydroxylation is 2. The normalized spacial score (nSPS) is 11.2. The molecule has 0 saturated heterocycles. The van der Waals surface area contributed by atoms with Crippen molar-refractivity contribution in [3.63, 3.8) is 0 Å². The molecule has 4 aromatic rings. The summed E-state index contributed by atoms with van der Waals surface area (Å²) in [6.07, 6.45) is 8.90. The zero-order valence-electron chi connectivity index (χ0n) is 13.3. The molecule has 0 aliphatic heterocycles. The van der Waals surface area contributed by atoms with Gasteiger partial charge in [0, 0.05) is 19.3 Å². The zero-order chi connectivity index (χ0) is 16.5. The Bertz CT molecular complexity index is 978. The van der Waals surface area contributed by atoms with Gasteiger partial charge in [0.05, 0.1) is 30.5 Å². The third-order valence-corrected chi connectivity index (χ3v) is 3.59. The summed E-state index contributed by atoms with van der Waals surface area (Å²) in [5.41, 5.74) is 2.87. The van der Waals surface area contributed by atoms with Gasteiger partial charge in [-0.15, -0.1) is 5.10 Å². The van der Waals surface area contributed by atoms with Gasteiger partial charge in [-0.3, -0.25) is 9.36 Å². The summed E-state index contributed by atoms with van der Waals surface area (Å²) in [6.45, 7) is 5.65. The van der Waals surface area contributed by atoms with Crippen molar-refractivity contribution in [1.82, 2.24) is 44.5 Å². The molecule has 1 N–H and O–H groups in total. The maximum atomic E-state index is 4.52. The summed E-state index contributed by atoms with van der Waals surface area (Å²) in [4.78, 5) is 8.79. The van der Waals surface area contributed by atoms with E-state index >= 15 is 0 Å². The molecule has 4 heterocycles. The number of aromatic nitrogens is 9. The molecule has 4 rings (SSSR count). The molecule has 0 atom stereocenters. The summed E-state index contributed by atoms with van der Waals surface area (Å²) in [5, 5.41) is 19.9. The van der Waals surface area contributed by atoms with Crippen molar-refractivity contribution in [3.05, 3.63) is 31.0 Å². The highest BCUT2D eigenvalue weighted by molar-refractivity contribution is 5.72. The van der Waals surface area contributed by atoms with E-state index in [1.54, 1.807) is 23.3 Å². The molecule has 24 heavy (non-hydrogen) atoms. The number of hydrogen-bond acceptors (Lipinski definition) is 7. The summed E-state index contributed by atoms with van der Waals surface area (Å²) in [7, 11) is 0. The van der Waals surface area contributed by atoms with Crippen LogP contribution >= 0.6 is 0 Å². The van der Waals surface area contributed by atoms with Crippen LogP contribution in [0, 0.1) is 0 Å². The largest absolute Gasteiger partial charge is 0.321 e. The van der Waals surface area contributed by atoms with E-state index in [-0.39, 0.29) is 0 Å². The van der Waals surface area contributed by atoms with Gasteiger partial charge in [-0.05, 0) is 13.8 Å². The van der Waals surface area contributed by atoms with Gasteiger partial charge in [0.25, 0.3) is 0 Å². The SMILES string of the molecule is CCn1cc(Nc2ncc3nnn(-c4cnn(CC)c4)c3n2)cn1. The predicted octanol–water partition coefficient (Wildman–Crippen LogP) is 1.39. The van der Waals surface area contributed by atoms with Crippen LogP contribution in [0.15, 0.2) is 31.0 Å². The smallest absolute Gasteiger partial charge is 0.229 e. The minimum absolute atomic E-state index is 0.463. The van der Waals surface area contributed by atoms with Crippen LogP contribution in [-0.4, -0.2) is 44.5 Å². The summed E-state index contributed by atoms with van der Waals surface area (Å²) in [5.74, 6) is 0.463. The van der Waals surface area contributed by atoms with Crippen molar-refractivity contribution in [2.45, 2.75) is 26.9 Å². The van der Waals surface area contributed by atoms with E-state index in [0.29, 0.717) is 17.1 Å². The Labute approximate surface area is 137 Å². The molecule has 0 fully saturated rings. The minimum atomic E-state index is 0.463. The predicted molar refractivity (Wildman–Crippen MR) is 87.1 cm³/mol. The summed E-state index contributed by atoms with van der Waals surface area (Å²) in [6, 6.07) is 0. The molecule has 0 aromatic carbocycles. The number of rotatable bonds is 5. The standard InChI is InChI=1S/C14H16N10/c1-3-22-8-10(5-16-22)18-14-15-7-12-13(19-14)24(21-20-12)11-6-17-23(4-2)9-11/h5-9H,3-4H2,1-2H3,(H,15,18,19). The zero-order valence-corrected chi connectivity index (χ0v) is 13.3. The highest BCUT2D eigenvalue weighted by Crippen LogP contribution is 2.17. The van der Waals surface area contributed by atoms with Crippen molar-refractivity contribution in [1.29, 1.82) is 0 Å². The number of nitrogens with zero attached hydrogens (tertiary/aromatic N) is 9. The molecule has 10 nitrogen and oxygen atoms in total. The molecule has 4 aromatic heterocycles. The van der Waals surface area contributed by atoms with Crippen LogP contribution in [0.4, 0.5) is 11.6 Å². The molecule has 0 aliphatic rings. The monoisotopic (exact) mass is 324 g/mol. The Hall–Kier alpha value is -3.30. The highest BCUT2D eigenvalue weighted by atomic mass is 15.5. The van der Waals surface area contributed by atoms with E-state index in [4.69, 9.17) is 0 Å². The molecule has 0 aliphatic carbocycles. The average Bonchev–Trinajstić information content (AvgIpc) is 3.33. The van der Waals surface area contributed by atoms with Gasteiger partial charge >= 0.3 is 0 Å². The first-order valence-corrected chi connectivity index (χ1v) is 7.67. The van der Waals surface area contributed by atoms with Crippen molar-refractivity contribution >= 4 is 22.8 Å². The topological polar surface area (TPSA) is 104 Å². The fraction of sp³-hybridized carbons (Fsp3) is 0.286. The van der Waals surface area contributed by atoms with Gasteiger partial charge in [0.15, 0.2) is 11.2 Å². The molecule has 0 amide bonds. The first-order valence-electron chi connectivity index (χ1n) is 7.67. The van der Waals surface area contributed by atoms with Gasteiger partial charge in [-0.25, -0.2) is 4.98 Å². The summed E-state index contributed by atoms with van der Waals surface area (Å²) < 4.78 is 5.30. The first kappa shape index (κ1) is 14.3. The van der Waals surface area contributed by atoms with Crippen LogP contribution in [0.1, 0.15) is 13.8 Å². The quantitative estimate of drug-likeness (QED) is 0.591. The third-order valence-electron chi connectivity index (χ3n) is 3.59. The van der Waals surface area contributed by atoms with Gasteiger partial charge in [0.1, 0.15) is 5.69 Å². The van der Waals surface area contributed by atoms with Crippen LogP contribution in [0.25, 0.3) is 16.9 Å². The number of hydrogen-bond donors (Lipinski definition) is 1. The average molecular weight is 324 g/mol. The van der Waals surface area contributed by atoms with E-state index in [1.165, 1.54) is 0 Å². The molecule has 0 saturated carbocycles. The van der Waals surface area contributed by atoms with E-state index in [9.17, 15) is 0 Å². The Kier molecular flexibility index (Phi) is 3.41. The van der Waals surface area contributed by atoms with Crippen LogP contribution in [0.2, 0.25) is 0 Å². The molecule has 0 bridgehead atoms. The number of anilines is 2. The lowest BCUT2D eigenvalue weighted by Crippen LogP contribution is -2.00. The van der Waals surface area contributed by atoms with Gasteiger partial charge in [0.2, 0.25) is 5.95 Å². The van der Waals surface area contributed by atoms with E-state index in [0.717, 1.165) is 24.5 Å². The van der Waals surface area contributed by atoms with Crippen LogP contribution in [0.5, 0.6) is 0 Å². The van der Waals surface area contributed by atoms with Crippen molar-refractivity contribution in [2.75, 3.05) is 5.32 Å². The van der Waals surface area contributed by atoms with Gasteiger partial charge in [-0.1, -0.05) is 5.21 Å². The van der Waals surface area contributed by atoms with E-state index in [2.05, 4.69) is 35.8 Å². The second-order valence-electron chi connectivity index (χ2n) is 5.17. The molecule has 0 radical (unpaired) electrons. The van der Waals surface area contributed by atoms with Gasteiger partial charge in [-0.2, -0.15) is 19.9 Å². The Balaban J connectivity index is 1.69. The molecule has 10 heteroatoms. The lowest BCUT2D eigenvalue weighted by molar-refractivity contribution is 0.659. The minimum Gasteiger partial charge on any atom is -0.321 e. The Morgan fingerprint density at radius 3 is 2.54 bits per heavy atom. The van der Waals surface area contributed by atoms with E-state index < -0.39 is 0 Å². The number of nitrogens with one attached hydrogen (secondary N) is 1.